The fraction of sp³-hybridized carbons (Fsp3) is 0.455. The van der Waals surface area contributed by atoms with E-state index in [1.165, 1.54) is 6.07 Å². The predicted octanol–water partition coefficient (Wildman–Crippen LogP) is 5.19. The second-order valence-corrected chi connectivity index (χ2v) is 12.8. The molecular weight excluding hydrogens is 639 g/mol. The Labute approximate surface area is 275 Å². The van der Waals surface area contributed by atoms with Gasteiger partial charge in [0.1, 0.15) is 35.1 Å². The monoisotopic (exact) mass is 677 g/mol. The van der Waals surface area contributed by atoms with Crippen molar-refractivity contribution in [3.8, 4) is 0 Å². The van der Waals surface area contributed by atoms with E-state index in [2.05, 4.69) is 15.6 Å². The zero-order valence-corrected chi connectivity index (χ0v) is 27.3. The molecule has 5 atom stereocenters. The highest BCUT2D eigenvalue weighted by Crippen LogP contribution is 2.38. The van der Waals surface area contributed by atoms with E-state index >= 15 is 0 Å². The van der Waals surface area contributed by atoms with Crippen molar-refractivity contribution in [2.24, 2.45) is 17.6 Å². The first-order valence-corrected chi connectivity index (χ1v) is 15.8. The summed E-state index contributed by atoms with van der Waals surface area (Å²) in [5, 5.41) is 16.3. The smallest absolute Gasteiger partial charge is 0.408 e. The minimum Gasteiger partial charge on any atom is -0.465 e. The molecule has 0 aliphatic heterocycles. The fourth-order valence-electron chi connectivity index (χ4n) is 6.26. The molecule has 2 unspecified atom stereocenters. The summed E-state index contributed by atoms with van der Waals surface area (Å²) in [4.78, 5) is 57.5. The first-order valence-electron chi connectivity index (χ1n) is 15.5. The van der Waals surface area contributed by atoms with Crippen LogP contribution in [0.1, 0.15) is 63.8 Å². The summed E-state index contributed by atoms with van der Waals surface area (Å²) in [6, 6.07) is 2.54. The number of aromatic amines is 1. The molecule has 0 bridgehead atoms. The Hall–Kier alpha value is -4.26. The molecule has 6 N–H and O–H groups in total. The fourth-order valence-corrected chi connectivity index (χ4v) is 6.51. The topological polar surface area (TPSA) is 158 Å². The molecule has 1 aromatic heterocycles. The van der Waals surface area contributed by atoms with Gasteiger partial charge in [-0.1, -0.05) is 52.1 Å². The van der Waals surface area contributed by atoms with Gasteiger partial charge in [-0.05, 0) is 60.1 Å². The van der Waals surface area contributed by atoms with Gasteiger partial charge in [0, 0.05) is 23.6 Å². The molecule has 1 aliphatic carbocycles. The molecule has 1 aliphatic rings. The standard InChI is InChI=1S/C33H39ClF3N5O5/c1-5-16(3)26(29(38)43)40-31(45)33(8-7-25-23(14-33)22-12-21(37)13-24(34)27(22)39-25)41-30(44)28(17(4)6-2)42(32(46)47)15-18-9-19(35)11-20(36)10-18/h9-13,16-17,26,28,39H,5-8,14-15H2,1-4H3,(H2,38,43)(H,40,45)(H,41,44)(H,46,47)/t16?,17?,26-,28-,33+/m0/s1. The van der Waals surface area contributed by atoms with Crippen molar-refractivity contribution < 1.29 is 37.5 Å². The maximum absolute atomic E-state index is 14.5. The third-order valence-electron chi connectivity index (χ3n) is 9.21. The average Bonchev–Trinajstić information content (AvgIpc) is 3.35. The molecule has 14 heteroatoms. The van der Waals surface area contributed by atoms with Crippen molar-refractivity contribution in [3.63, 3.8) is 0 Å². The highest BCUT2D eigenvalue weighted by molar-refractivity contribution is 6.35. The Balaban J connectivity index is 1.80. The number of benzene rings is 2. The van der Waals surface area contributed by atoms with Gasteiger partial charge in [0.15, 0.2) is 0 Å². The summed E-state index contributed by atoms with van der Waals surface area (Å²) < 4.78 is 42.5. The summed E-state index contributed by atoms with van der Waals surface area (Å²) in [6.07, 6.45) is -0.610. The predicted molar refractivity (Wildman–Crippen MR) is 170 cm³/mol. The van der Waals surface area contributed by atoms with Gasteiger partial charge in [-0.3, -0.25) is 19.3 Å². The molecule has 0 radical (unpaired) electrons. The van der Waals surface area contributed by atoms with Crippen LogP contribution >= 0.6 is 11.6 Å². The molecule has 2 aromatic carbocycles. The van der Waals surface area contributed by atoms with Crippen LogP contribution in [0.5, 0.6) is 0 Å². The zero-order chi connectivity index (χ0) is 34.8. The second-order valence-electron chi connectivity index (χ2n) is 12.4. The van der Waals surface area contributed by atoms with E-state index in [1.807, 2.05) is 6.92 Å². The van der Waals surface area contributed by atoms with Crippen LogP contribution < -0.4 is 16.4 Å². The van der Waals surface area contributed by atoms with Gasteiger partial charge in [0.25, 0.3) is 0 Å². The zero-order valence-electron chi connectivity index (χ0n) is 26.6. The number of nitrogens with one attached hydrogen (secondary N) is 3. The molecule has 0 saturated heterocycles. The van der Waals surface area contributed by atoms with Crippen LogP contribution in [0.15, 0.2) is 30.3 Å². The Morgan fingerprint density at radius 2 is 1.64 bits per heavy atom. The minimum atomic E-state index is -1.74. The molecule has 4 amide bonds. The number of carbonyl (C=O) groups is 4. The number of halogens is 4. The number of nitrogens with two attached hydrogens (primary N) is 1. The lowest BCUT2D eigenvalue weighted by Gasteiger charge is -2.41. The van der Waals surface area contributed by atoms with E-state index in [4.69, 9.17) is 17.3 Å². The number of aryl methyl sites for hydroxylation is 1. The van der Waals surface area contributed by atoms with Crippen molar-refractivity contribution in [1.29, 1.82) is 0 Å². The third-order valence-corrected chi connectivity index (χ3v) is 9.51. The first-order chi connectivity index (χ1) is 22.1. The SMILES string of the molecule is CCC(C)[C@H](NC(=O)[C@@]1(NC(=O)[C@H](C(C)CC)N(Cc2cc(F)cc(F)c2)C(=O)O)CCc2[nH]c3c(Cl)cc(F)cc3c2C1)C(N)=O. The third kappa shape index (κ3) is 7.50. The second kappa shape index (κ2) is 14.2. The molecule has 4 rings (SSSR count). The number of carbonyl (C=O) groups excluding carboxylic acids is 3. The quantitative estimate of drug-likeness (QED) is 0.178. The number of hydrogen-bond donors (Lipinski definition) is 5. The van der Waals surface area contributed by atoms with Crippen LogP contribution in [0.4, 0.5) is 18.0 Å². The number of rotatable bonds is 12. The van der Waals surface area contributed by atoms with E-state index in [0.717, 1.165) is 23.1 Å². The molecule has 1 heterocycles. The van der Waals surface area contributed by atoms with Crippen LogP contribution in [0.25, 0.3) is 10.9 Å². The van der Waals surface area contributed by atoms with Crippen LogP contribution in [-0.4, -0.2) is 56.4 Å². The molecule has 0 spiro atoms. The Kier molecular flexibility index (Phi) is 10.8. The molecule has 0 fully saturated rings. The van der Waals surface area contributed by atoms with Crippen molar-refractivity contribution in [3.05, 3.63) is 69.6 Å². The van der Waals surface area contributed by atoms with Crippen LogP contribution in [0.3, 0.4) is 0 Å². The van der Waals surface area contributed by atoms with Crippen LogP contribution in [0.2, 0.25) is 5.02 Å². The minimum absolute atomic E-state index is 0.0173. The van der Waals surface area contributed by atoms with Crippen molar-refractivity contribution in [1.82, 2.24) is 20.5 Å². The van der Waals surface area contributed by atoms with E-state index in [-0.39, 0.29) is 35.8 Å². The van der Waals surface area contributed by atoms with E-state index in [9.17, 15) is 37.5 Å². The van der Waals surface area contributed by atoms with Gasteiger partial charge in [-0.2, -0.15) is 0 Å². The number of amides is 4. The molecule has 47 heavy (non-hydrogen) atoms. The summed E-state index contributed by atoms with van der Waals surface area (Å²) in [5.74, 6) is -5.73. The lowest BCUT2D eigenvalue weighted by molar-refractivity contribution is -0.139. The van der Waals surface area contributed by atoms with E-state index in [0.29, 0.717) is 41.1 Å². The van der Waals surface area contributed by atoms with Gasteiger partial charge in [-0.25, -0.2) is 18.0 Å². The average molecular weight is 678 g/mol. The molecule has 3 aromatic rings. The molecule has 10 nitrogen and oxygen atoms in total. The number of carboxylic acid groups (broad SMARTS) is 1. The maximum Gasteiger partial charge on any atom is 0.408 e. The van der Waals surface area contributed by atoms with Gasteiger partial charge >= 0.3 is 6.09 Å². The van der Waals surface area contributed by atoms with Crippen molar-refractivity contribution >= 4 is 46.3 Å². The molecular formula is C33H39ClF3N5O5. The van der Waals surface area contributed by atoms with Gasteiger partial charge in [0.05, 0.1) is 17.1 Å². The molecule has 254 valence electrons. The largest absolute Gasteiger partial charge is 0.465 e. The van der Waals surface area contributed by atoms with E-state index in [1.54, 1.807) is 20.8 Å². The summed E-state index contributed by atoms with van der Waals surface area (Å²) >= 11 is 6.32. The number of H-pyrrole nitrogens is 1. The Morgan fingerprint density at radius 1 is 1.02 bits per heavy atom. The Morgan fingerprint density at radius 3 is 2.21 bits per heavy atom. The lowest BCUT2D eigenvalue weighted by atomic mass is 9.78. The number of nitrogens with zero attached hydrogens (tertiary/aromatic N) is 1. The first kappa shape index (κ1) is 35.6. The number of fused-ring (bicyclic) bond motifs is 3. The summed E-state index contributed by atoms with van der Waals surface area (Å²) in [7, 11) is 0. The normalized spacial score (nSPS) is 18.5. The lowest BCUT2D eigenvalue weighted by Crippen LogP contribution is -2.67. The van der Waals surface area contributed by atoms with Gasteiger partial charge in [-0.15, -0.1) is 0 Å². The van der Waals surface area contributed by atoms with Gasteiger partial charge in [0.2, 0.25) is 17.7 Å². The van der Waals surface area contributed by atoms with Crippen LogP contribution in [0, 0.1) is 29.3 Å². The number of primary amides is 1. The molecule has 0 saturated carbocycles. The van der Waals surface area contributed by atoms with Crippen molar-refractivity contribution in [2.45, 2.75) is 84.0 Å². The number of aromatic nitrogens is 1. The Bertz CT molecular complexity index is 1680. The highest BCUT2D eigenvalue weighted by Gasteiger charge is 2.47. The maximum atomic E-state index is 14.5. The van der Waals surface area contributed by atoms with E-state index < -0.39 is 71.4 Å². The summed E-state index contributed by atoms with van der Waals surface area (Å²) in [6.45, 7) is 6.44. The highest BCUT2D eigenvalue weighted by atomic mass is 35.5. The van der Waals surface area contributed by atoms with Crippen LogP contribution in [-0.2, 0) is 33.8 Å². The van der Waals surface area contributed by atoms with Gasteiger partial charge < -0.3 is 26.5 Å². The van der Waals surface area contributed by atoms with Crippen molar-refractivity contribution in [2.75, 3.05) is 0 Å². The summed E-state index contributed by atoms with van der Waals surface area (Å²) in [5.41, 5.74) is 5.55. The number of hydrogen-bond acceptors (Lipinski definition) is 4.